The lowest BCUT2D eigenvalue weighted by Gasteiger charge is -2.14. The first kappa shape index (κ1) is 14.5. The minimum Gasteiger partial charge on any atom is -0.497 e. The first-order chi connectivity index (χ1) is 8.67. The van der Waals surface area contributed by atoms with Crippen molar-refractivity contribution in [1.82, 2.24) is 10.6 Å². The summed E-state index contributed by atoms with van der Waals surface area (Å²) in [5.74, 6) is 0.879. The lowest BCUT2D eigenvalue weighted by molar-refractivity contribution is -0.120. The fourth-order valence-electron chi connectivity index (χ4n) is 1.58. The predicted octanol–water partition coefficient (Wildman–Crippen LogP) is 1.87. The van der Waals surface area contributed by atoms with Crippen molar-refractivity contribution in [3.63, 3.8) is 0 Å². The smallest absolute Gasteiger partial charge is 0.233 e. The zero-order chi connectivity index (χ0) is 13.4. The normalized spacial score (nSPS) is 11.9. The maximum absolute atomic E-state index is 11.4. The molecular formula is C14H22N2O2. The van der Waals surface area contributed by atoms with Crippen LogP contribution in [-0.2, 0) is 4.79 Å². The molecule has 18 heavy (non-hydrogen) atoms. The van der Waals surface area contributed by atoms with Gasteiger partial charge >= 0.3 is 0 Å². The highest BCUT2D eigenvalue weighted by molar-refractivity contribution is 5.77. The maximum Gasteiger partial charge on any atom is 0.233 e. The highest BCUT2D eigenvalue weighted by Crippen LogP contribution is 2.16. The molecule has 1 aromatic rings. The van der Waals surface area contributed by atoms with Crippen LogP contribution in [0.2, 0.25) is 0 Å². The third kappa shape index (κ3) is 4.75. The van der Waals surface area contributed by atoms with Crippen LogP contribution in [0.3, 0.4) is 0 Å². The average molecular weight is 250 g/mol. The van der Waals surface area contributed by atoms with E-state index in [0.29, 0.717) is 6.54 Å². The number of amides is 1. The van der Waals surface area contributed by atoms with Crippen LogP contribution in [0.1, 0.15) is 31.9 Å². The number of hydrogen-bond acceptors (Lipinski definition) is 3. The van der Waals surface area contributed by atoms with Crippen molar-refractivity contribution in [2.24, 2.45) is 0 Å². The first-order valence-corrected chi connectivity index (χ1v) is 6.31. The van der Waals surface area contributed by atoms with Gasteiger partial charge in [-0.15, -0.1) is 0 Å². The van der Waals surface area contributed by atoms with Gasteiger partial charge in [0.25, 0.3) is 0 Å². The molecule has 2 N–H and O–H groups in total. The Morgan fingerprint density at radius 3 is 2.56 bits per heavy atom. The largest absolute Gasteiger partial charge is 0.497 e. The molecule has 0 aliphatic heterocycles. The van der Waals surface area contributed by atoms with Gasteiger partial charge in [0, 0.05) is 12.6 Å². The van der Waals surface area contributed by atoms with Crippen molar-refractivity contribution in [2.75, 3.05) is 20.2 Å². The molecule has 0 aliphatic carbocycles. The molecule has 4 nitrogen and oxygen atoms in total. The molecule has 0 aliphatic rings. The predicted molar refractivity (Wildman–Crippen MR) is 72.7 cm³/mol. The molecule has 4 heteroatoms. The molecular weight excluding hydrogens is 228 g/mol. The standard InChI is InChI=1S/C14H22N2O2/c1-4-9-15-14(17)10-16-11(2)12-5-7-13(18-3)8-6-12/h5-8,11,16H,4,9-10H2,1-3H3,(H,15,17). The summed E-state index contributed by atoms with van der Waals surface area (Å²) in [6.07, 6.45) is 0.958. The SMILES string of the molecule is CCCNC(=O)CNC(C)c1ccc(OC)cc1. The second-order valence-corrected chi connectivity index (χ2v) is 4.23. The van der Waals surface area contributed by atoms with Gasteiger partial charge in [0.1, 0.15) is 5.75 Å². The van der Waals surface area contributed by atoms with E-state index >= 15 is 0 Å². The summed E-state index contributed by atoms with van der Waals surface area (Å²) < 4.78 is 5.11. The number of ether oxygens (including phenoxy) is 1. The second-order valence-electron chi connectivity index (χ2n) is 4.23. The van der Waals surface area contributed by atoms with Crippen molar-refractivity contribution in [1.29, 1.82) is 0 Å². The summed E-state index contributed by atoms with van der Waals surface area (Å²) in [4.78, 5) is 11.4. The third-order valence-corrected chi connectivity index (χ3v) is 2.76. The lowest BCUT2D eigenvalue weighted by atomic mass is 10.1. The number of carbonyl (C=O) groups is 1. The van der Waals surface area contributed by atoms with Gasteiger partial charge in [0.15, 0.2) is 0 Å². The molecule has 1 amide bonds. The van der Waals surface area contributed by atoms with Gasteiger partial charge in [0.2, 0.25) is 5.91 Å². The molecule has 100 valence electrons. The van der Waals surface area contributed by atoms with Gasteiger partial charge < -0.3 is 15.4 Å². The van der Waals surface area contributed by atoms with Crippen LogP contribution < -0.4 is 15.4 Å². The number of hydrogen-bond donors (Lipinski definition) is 2. The van der Waals surface area contributed by atoms with Crippen molar-refractivity contribution >= 4 is 5.91 Å². The summed E-state index contributed by atoms with van der Waals surface area (Å²) >= 11 is 0. The van der Waals surface area contributed by atoms with Crippen molar-refractivity contribution in [2.45, 2.75) is 26.3 Å². The average Bonchev–Trinajstić information content (AvgIpc) is 2.42. The Kier molecular flexibility index (Phi) is 6.22. The number of nitrogens with one attached hydrogen (secondary N) is 2. The van der Waals surface area contributed by atoms with E-state index in [4.69, 9.17) is 4.74 Å². The van der Waals surface area contributed by atoms with E-state index in [9.17, 15) is 4.79 Å². The van der Waals surface area contributed by atoms with Gasteiger partial charge in [-0.05, 0) is 31.0 Å². The Morgan fingerprint density at radius 2 is 2.00 bits per heavy atom. The Balaban J connectivity index is 2.39. The second kappa shape index (κ2) is 7.71. The molecule has 0 fully saturated rings. The summed E-state index contributed by atoms with van der Waals surface area (Å²) in [5, 5.41) is 6.03. The van der Waals surface area contributed by atoms with E-state index in [0.717, 1.165) is 24.3 Å². The van der Waals surface area contributed by atoms with Gasteiger partial charge in [-0.25, -0.2) is 0 Å². The molecule has 0 saturated carbocycles. The summed E-state index contributed by atoms with van der Waals surface area (Å²) in [6, 6.07) is 7.99. The zero-order valence-electron chi connectivity index (χ0n) is 11.3. The zero-order valence-corrected chi connectivity index (χ0v) is 11.3. The number of carbonyl (C=O) groups excluding carboxylic acids is 1. The van der Waals surface area contributed by atoms with Crippen LogP contribution in [0.15, 0.2) is 24.3 Å². The first-order valence-electron chi connectivity index (χ1n) is 6.31. The molecule has 0 bridgehead atoms. The highest BCUT2D eigenvalue weighted by Gasteiger charge is 2.07. The van der Waals surface area contributed by atoms with E-state index in [1.807, 2.05) is 38.1 Å². The van der Waals surface area contributed by atoms with Crippen LogP contribution in [-0.4, -0.2) is 26.1 Å². The Morgan fingerprint density at radius 1 is 1.33 bits per heavy atom. The molecule has 0 heterocycles. The van der Waals surface area contributed by atoms with Crippen LogP contribution in [0.25, 0.3) is 0 Å². The highest BCUT2D eigenvalue weighted by atomic mass is 16.5. The van der Waals surface area contributed by atoms with Crippen LogP contribution >= 0.6 is 0 Å². The van der Waals surface area contributed by atoms with E-state index in [1.54, 1.807) is 7.11 Å². The fraction of sp³-hybridized carbons (Fsp3) is 0.500. The molecule has 1 rings (SSSR count). The van der Waals surface area contributed by atoms with E-state index in [-0.39, 0.29) is 11.9 Å². The van der Waals surface area contributed by atoms with Crippen LogP contribution in [0.4, 0.5) is 0 Å². The molecule has 0 spiro atoms. The van der Waals surface area contributed by atoms with Crippen LogP contribution in [0, 0.1) is 0 Å². The van der Waals surface area contributed by atoms with Gasteiger partial charge in [-0.3, -0.25) is 4.79 Å². The summed E-state index contributed by atoms with van der Waals surface area (Å²) in [6.45, 7) is 5.15. The van der Waals surface area contributed by atoms with Gasteiger partial charge in [-0.2, -0.15) is 0 Å². The molecule has 0 radical (unpaired) electrons. The molecule has 1 aromatic carbocycles. The van der Waals surface area contributed by atoms with E-state index in [2.05, 4.69) is 10.6 Å². The summed E-state index contributed by atoms with van der Waals surface area (Å²) in [5.41, 5.74) is 1.14. The van der Waals surface area contributed by atoms with Crippen LogP contribution in [0.5, 0.6) is 5.75 Å². The summed E-state index contributed by atoms with van der Waals surface area (Å²) in [7, 11) is 1.65. The third-order valence-electron chi connectivity index (χ3n) is 2.76. The Labute approximate surface area is 109 Å². The number of rotatable bonds is 7. The van der Waals surface area contributed by atoms with E-state index < -0.39 is 0 Å². The quantitative estimate of drug-likeness (QED) is 0.776. The minimum absolute atomic E-state index is 0.0391. The fourth-order valence-corrected chi connectivity index (χ4v) is 1.58. The van der Waals surface area contributed by atoms with Gasteiger partial charge in [-0.1, -0.05) is 19.1 Å². The molecule has 1 atom stereocenters. The molecule has 0 saturated heterocycles. The Hall–Kier alpha value is -1.55. The Bertz CT molecular complexity index is 363. The van der Waals surface area contributed by atoms with Crippen molar-refractivity contribution in [3.05, 3.63) is 29.8 Å². The van der Waals surface area contributed by atoms with Crippen molar-refractivity contribution < 1.29 is 9.53 Å². The van der Waals surface area contributed by atoms with Crippen molar-refractivity contribution in [3.8, 4) is 5.75 Å². The van der Waals surface area contributed by atoms with Gasteiger partial charge in [0.05, 0.1) is 13.7 Å². The lowest BCUT2D eigenvalue weighted by Crippen LogP contribution is -2.35. The molecule has 1 unspecified atom stereocenters. The monoisotopic (exact) mass is 250 g/mol. The molecule has 0 aromatic heterocycles. The number of benzene rings is 1. The minimum atomic E-state index is 0.0391. The van der Waals surface area contributed by atoms with E-state index in [1.165, 1.54) is 0 Å². The topological polar surface area (TPSA) is 50.4 Å². The number of methoxy groups -OCH3 is 1. The maximum atomic E-state index is 11.4.